The van der Waals surface area contributed by atoms with Crippen LogP contribution in [0.25, 0.3) is 0 Å². The van der Waals surface area contributed by atoms with Crippen LogP contribution < -0.4 is 0 Å². The van der Waals surface area contributed by atoms with Crippen LogP contribution in [0.3, 0.4) is 0 Å². The standard InChI is InChI=1S/C8H7F2I/c9-7-2-1-3-8(10)6(7)4-5-11/h1-3H,4-5H2. The smallest absolute Gasteiger partial charge is 0.129 e. The van der Waals surface area contributed by atoms with Crippen LogP contribution in [-0.4, -0.2) is 4.43 Å². The van der Waals surface area contributed by atoms with Crippen LogP contribution in [0.15, 0.2) is 18.2 Å². The Morgan fingerprint density at radius 1 is 1.18 bits per heavy atom. The van der Waals surface area contributed by atoms with Crippen LogP contribution in [0.4, 0.5) is 8.78 Å². The molecule has 0 saturated heterocycles. The third kappa shape index (κ3) is 2.12. The third-order valence-corrected chi connectivity index (χ3v) is 1.95. The quantitative estimate of drug-likeness (QED) is 0.571. The van der Waals surface area contributed by atoms with Gasteiger partial charge >= 0.3 is 0 Å². The van der Waals surface area contributed by atoms with Crippen LogP contribution in [0.1, 0.15) is 5.56 Å². The van der Waals surface area contributed by atoms with Crippen molar-refractivity contribution < 1.29 is 8.78 Å². The summed E-state index contributed by atoms with van der Waals surface area (Å²) >= 11 is 2.09. The topological polar surface area (TPSA) is 0 Å². The third-order valence-electron chi connectivity index (χ3n) is 1.41. The minimum absolute atomic E-state index is 0.196. The van der Waals surface area contributed by atoms with E-state index < -0.39 is 11.6 Å². The summed E-state index contributed by atoms with van der Waals surface area (Å²) < 4.78 is 26.3. The first-order valence-electron chi connectivity index (χ1n) is 3.24. The van der Waals surface area contributed by atoms with Gasteiger partial charge in [-0.05, 0) is 18.6 Å². The molecular formula is C8H7F2I. The second kappa shape index (κ2) is 3.99. The second-order valence-electron chi connectivity index (χ2n) is 2.14. The molecule has 60 valence electrons. The van der Waals surface area contributed by atoms with Crippen molar-refractivity contribution in [3.05, 3.63) is 35.4 Å². The van der Waals surface area contributed by atoms with E-state index in [9.17, 15) is 8.78 Å². The van der Waals surface area contributed by atoms with Crippen molar-refractivity contribution in [3.63, 3.8) is 0 Å². The maximum atomic E-state index is 12.8. The SMILES string of the molecule is Fc1cccc(F)c1CCI. The molecule has 0 fully saturated rings. The molecule has 11 heavy (non-hydrogen) atoms. The molecule has 0 nitrogen and oxygen atoms in total. The van der Waals surface area contributed by atoms with Crippen LogP contribution in [-0.2, 0) is 6.42 Å². The zero-order valence-electron chi connectivity index (χ0n) is 5.78. The minimum Gasteiger partial charge on any atom is -0.207 e. The largest absolute Gasteiger partial charge is 0.207 e. The Labute approximate surface area is 77.8 Å². The van der Waals surface area contributed by atoms with Gasteiger partial charge in [0.25, 0.3) is 0 Å². The Balaban J connectivity index is 3.00. The molecule has 0 bridgehead atoms. The van der Waals surface area contributed by atoms with Gasteiger partial charge in [-0.3, -0.25) is 0 Å². The molecule has 0 aromatic heterocycles. The minimum atomic E-state index is -0.443. The van der Waals surface area contributed by atoms with Crippen LogP contribution in [0.5, 0.6) is 0 Å². The van der Waals surface area contributed by atoms with Crippen LogP contribution in [0, 0.1) is 11.6 Å². The molecule has 0 heterocycles. The molecule has 0 saturated carbocycles. The summed E-state index contributed by atoms with van der Waals surface area (Å²) in [5, 5.41) is 0. The fraction of sp³-hybridized carbons (Fsp3) is 0.250. The summed E-state index contributed by atoms with van der Waals surface area (Å²) in [6, 6.07) is 3.94. The molecule has 0 N–H and O–H groups in total. The molecule has 0 amide bonds. The maximum Gasteiger partial charge on any atom is 0.129 e. The predicted octanol–water partition coefficient (Wildman–Crippen LogP) is 2.94. The van der Waals surface area contributed by atoms with E-state index in [2.05, 4.69) is 22.6 Å². The fourth-order valence-electron chi connectivity index (χ4n) is 0.866. The van der Waals surface area contributed by atoms with Gasteiger partial charge in [0.15, 0.2) is 0 Å². The number of hydrogen-bond acceptors (Lipinski definition) is 0. The molecule has 0 atom stereocenters. The molecular weight excluding hydrogens is 261 g/mol. The van der Waals surface area contributed by atoms with Crippen molar-refractivity contribution in [1.82, 2.24) is 0 Å². The van der Waals surface area contributed by atoms with E-state index in [0.29, 0.717) is 6.42 Å². The van der Waals surface area contributed by atoms with Gasteiger partial charge in [0.1, 0.15) is 11.6 Å². The van der Waals surface area contributed by atoms with Crippen LogP contribution >= 0.6 is 22.6 Å². The number of hydrogen-bond donors (Lipinski definition) is 0. The van der Waals surface area contributed by atoms with Crippen molar-refractivity contribution in [2.45, 2.75) is 6.42 Å². The van der Waals surface area contributed by atoms with Crippen molar-refractivity contribution in [2.75, 3.05) is 4.43 Å². The lowest BCUT2D eigenvalue weighted by molar-refractivity contribution is 0.560. The first-order valence-corrected chi connectivity index (χ1v) is 4.77. The molecule has 0 aliphatic heterocycles. The highest BCUT2D eigenvalue weighted by molar-refractivity contribution is 14.1. The average Bonchev–Trinajstić information content (AvgIpc) is 1.97. The molecule has 3 heteroatoms. The number of rotatable bonds is 2. The van der Waals surface area contributed by atoms with E-state index in [0.717, 1.165) is 4.43 Å². The van der Waals surface area contributed by atoms with Crippen molar-refractivity contribution in [1.29, 1.82) is 0 Å². The van der Waals surface area contributed by atoms with Crippen molar-refractivity contribution in [2.24, 2.45) is 0 Å². The van der Waals surface area contributed by atoms with Crippen molar-refractivity contribution in [3.8, 4) is 0 Å². The molecule has 0 unspecified atom stereocenters. The molecule has 0 spiro atoms. The highest BCUT2D eigenvalue weighted by atomic mass is 127. The van der Waals surface area contributed by atoms with E-state index in [1.54, 1.807) is 0 Å². The zero-order valence-corrected chi connectivity index (χ0v) is 7.94. The summed E-state index contributed by atoms with van der Waals surface area (Å²) in [5.74, 6) is -0.886. The van der Waals surface area contributed by atoms with Gasteiger partial charge in [0.2, 0.25) is 0 Å². The number of alkyl halides is 1. The van der Waals surface area contributed by atoms with Gasteiger partial charge in [-0.2, -0.15) is 0 Å². The van der Waals surface area contributed by atoms with Crippen molar-refractivity contribution >= 4 is 22.6 Å². The first kappa shape index (κ1) is 8.90. The summed E-state index contributed by atoms with van der Waals surface area (Å²) in [4.78, 5) is 0. The van der Waals surface area contributed by atoms with Gasteiger partial charge in [-0.25, -0.2) is 8.78 Å². The van der Waals surface area contributed by atoms with Gasteiger partial charge in [0.05, 0.1) is 0 Å². The van der Waals surface area contributed by atoms with Gasteiger partial charge in [0, 0.05) is 9.99 Å². The number of halogens is 3. The predicted molar refractivity (Wildman–Crippen MR) is 48.9 cm³/mol. The number of benzene rings is 1. The van der Waals surface area contributed by atoms with Gasteiger partial charge in [-0.15, -0.1) is 0 Å². The lowest BCUT2D eigenvalue weighted by Gasteiger charge is -2.00. The van der Waals surface area contributed by atoms with E-state index in [-0.39, 0.29) is 5.56 Å². The molecule has 0 aliphatic carbocycles. The Morgan fingerprint density at radius 3 is 2.18 bits per heavy atom. The fourth-order valence-corrected chi connectivity index (χ4v) is 1.41. The Hall–Kier alpha value is -0.190. The van der Waals surface area contributed by atoms with E-state index in [4.69, 9.17) is 0 Å². The molecule has 0 radical (unpaired) electrons. The van der Waals surface area contributed by atoms with E-state index in [1.165, 1.54) is 18.2 Å². The lowest BCUT2D eigenvalue weighted by atomic mass is 10.1. The van der Waals surface area contributed by atoms with E-state index >= 15 is 0 Å². The summed E-state index contributed by atoms with van der Waals surface area (Å²) in [6.07, 6.45) is 0.457. The summed E-state index contributed by atoms with van der Waals surface area (Å²) in [6.45, 7) is 0. The van der Waals surface area contributed by atoms with E-state index in [1.807, 2.05) is 0 Å². The zero-order chi connectivity index (χ0) is 8.27. The molecule has 1 aromatic rings. The average molecular weight is 268 g/mol. The maximum absolute atomic E-state index is 12.8. The lowest BCUT2D eigenvalue weighted by Crippen LogP contribution is -1.95. The molecule has 0 aliphatic rings. The monoisotopic (exact) mass is 268 g/mol. The Kier molecular flexibility index (Phi) is 3.23. The summed E-state index contributed by atoms with van der Waals surface area (Å²) in [7, 11) is 0. The summed E-state index contributed by atoms with van der Waals surface area (Å²) in [5.41, 5.74) is 0.196. The first-order chi connectivity index (χ1) is 5.25. The van der Waals surface area contributed by atoms with Gasteiger partial charge in [-0.1, -0.05) is 28.7 Å². The normalized spacial score (nSPS) is 10.1. The highest BCUT2D eigenvalue weighted by Gasteiger charge is 2.05. The molecule has 1 aromatic carbocycles. The highest BCUT2D eigenvalue weighted by Crippen LogP contribution is 2.13. The van der Waals surface area contributed by atoms with Crippen LogP contribution in [0.2, 0.25) is 0 Å². The Morgan fingerprint density at radius 2 is 1.73 bits per heavy atom. The second-order valence-corrected chi connectivity index (χ2v) is 3.22. The van der Waals surface area contributed by atoms with Gasteiger partial charge < -0.3 is 0 Å². The molecule has 1 rings (SSSR count). The Bertz CT molecular complexity index is 228.